The molecule has 2 aliphatic rings. The summed E-state index contributed by atoms with van der Waals surface area (Å²) in [4.78, 5) is 31.3. The average molecular weight is 783 g/mol. The third-order valence-corrected chi connectivity index (χ3v) is 11.4. The van der Waals surface area contributed by atoms with Crippen LogP contribution in [0.4, 0.5) is 22.7 Å². The molecule has 0 atom stereocenters. The van der Waals surface area contributed by atoms with Crippen LogP contribution in [0.1, 0.15) is 79.8 Å². The van der Waals surface area contributed by atoms with Crippen LogP contribution in [0.25, 0.3) is 11.1 Å². The summed E-state index contributed by atoms with van der Waals surface area (Å²) >= 11 is 0. The van der Waals surface area contributed by atoms with E-state index >= 15 is 0 Å². The fourth-order valence-electron chi connectivity index (χ4n) is 8.72. The summed E-state index contributed by atoms with van der Waals surface area (Å²) in [6, 6.07) is 25.2. The highest BCUT2D eigenvalue weighted by Crippen LogP contribution is 2.38. The van der Waals surface area contributed by atoms with Gasteiger partial charge in [0.15, 0.2) is 11.5 Å². The van der Waals surface area contributed by atoms with Gasteiger partial charge in [0.25, 0.3) is 11.8 Å². The quantitative estimate of drug-likeness (QED) is 0.146. The summed E-state index contributed by atoms with van der Waals surface area (Å²) in [6.07, 6.45) is 4.89. The lowest BCUT2D eigenvalue weighted by molar-refractivity contribution is 0.101. The van der Waals surface area contributed by atoms with Gasteiger partial charge in [-0.05, 0) is 142 Å². The molecule has 304 valence electrons. The predicted molar refractivity (Wildman–Crippen MR) is 238 cm³/mol. The smallest absolute Gasteiger partial charge is 0.259 e. The number of methoxy groups -OCH3 is 3. The summed E-state index contributed by atoms with van der Waals surface area (Å²) < 4.78 is 16.0. The Kier molecular flexibility index (Phi) is 13.3. The molecule has 2 fully saturated rings. The average Bonchev–Trinajstić information content (AvgIpc) is 3.97. The van der Waals surface area contributed by atoms with Crippen LogP contribution in [0.2, 0.25) is 0 Å². The molecule has 2 saturated heterocycles. The van der Waals surface area contributed by atoms with Crippen molar-refractivity contribution >= 4 is 34.6 Å². The normalized spacial score (nSPS) is 13.5. The Morgan fingerprint density at radius 1 is 0.534 bits per heavy atom. The highest BCUT2D eigenvalue weighted by molar-refractivity contribution is 6.10. The summed E-state index contributed by atoms with van der Waals surface area (Å²) in [6.45, 7) is 16.9. The highest BCUT2D eigenvalue weighted by Gasteiger charge is 2.24. The largest absolute Gasteiger partial charge is 0.497 e. The second kappa shape index (κ2) is 18.5. The summed E-state index contributed by atoms with van der Waals surface area (Å²) in [5.41, 5.74) is 14.3. The van der Waals surface area contributed by atoms with E-state index < -0.39 is 0 Å². The maximum Gasteiger partial charge on any atom is 0.259 e. The van der Waals surface area contributed by atoms with Crippen LogP contribution in [-0.4, -0.2) is 59.3 Å². The van der Waals surface area contributed by atoms with Crippen LogP contribution >= 0.6 is 0 Å². The van der Waals surface area contributed by atoms with Gasteiger partial charge in [-0.2, -0.15) is 0 Å². The van der Waals surface area contributed by atoms with E-state index in [4.69, 9.17) is 14.2 Å². The second-order valence-electron chi connectivity index (χ2n) is 15.3. The molecular weight excluding hydrogens is 725 g/mol. The van der Waals surface area contributed by atoms with Gasteiger partial charge < -0.3 is 34.6 Å². The molecule has 5 aromatic rings. The molecule has 58 heavy (non-hydrogen) atoms. The van der Waals surface area contributed by atoms with Crippen LogP contribution in [0, 0.1) is 41.5 Å². The molecule has 5 aromatic carbocycles. The molecule has 0 radical (unpaired) electrons. The molecule has 7 rings (SSSR count). The van der Waals surface area contributed by atoms with Gasteiger partial charge >= 0.3 is 0 Å². The standard InChI is InChI=1S/C27H30N2O2.C22H28N2O3/c1-18-17-19(2)26(29-15-7-8-16-29)20(3)25(18)28-27(30)24-10-6-5-9-23(24)21-11-13-22(31-4)14-12-21;1-14-13-15(2)20(24-11-6-7-12-24)16(3)19(14)23-22(25)17-9-8-10-18(26-4)21(17)27-5/h5-6,9-14,17H,7-8,15-16H2,1-4H3,(H,28,30);8-10,13H,6-7,11-12H2,1-5H3,(H,23,25). The van der Waals surface area contributed by atoms with Crippen molar-refractivity contribution in [2.24, 2.45) is 0 Å². The Morgan fingerprint density at radius 3 is 1.50 bits per heavy atom. The van der Waals surface area contributed by atoms with Crippen LogP contribution in [0.3, 0.4) is 0 Å². The molecule has 0 saturated carbocycles. The minimum absolute atomic E-state index is 0.0890. The van der Waals surface area contributed by atoms with Crippen LogP contribution in [0.5, 0.6) is 17.2 Å². The lowest BCUT2D eigenvalue weighted by atomic mass is 9.97. The lowest BCUT2D eigenvalue weighted by Gasteiger charge is -2.26. The van der Waals surface area contributed by atoms with Crippen molar-refractivity contribution in [1.82, 2.24) is 0 Å². The zero-order chi connectivity index (χ0) is 41.5. The zero-order valence-electron chi connectivity index (χ0n) is 35.6. The molecule has 0 aliphatic carbocycles. The van der Waals surface area contributed by atoms with Gasteiger partial charge in [-0.3, -0.25) is 9.59 Å². The first-order valence-electron chi connectivity index (χ1n) is 20.3. The Balaban J connectivity index is 0.000000198. The Labute approximate surface area is 344 Å². The number of aryl methyl sites for hydroxylation is 4. The number of nitrogens with one attached hydrogen (secondary N) is 2. The number of carbonyl (C=O) groups excluding carboxylic acids is 2. The summed E-state index contributed by atoms with van der Waals surface area (Å²) in [5.74, 6) is 1.49. The van der Waals surface area contributed by atoms with E-state index in [1.807, 2.05) is 55.5 Å². The Hall–Kier alpha value is -5.96. The number of benzene rings is 5. The number of ether oxygens (including phenoxy) is 3. The van der Waals surface area contributed by atoms with Crippen molar-refractivity contribution < 1.29 is 23.8 Å². The molecule has 0 aromatic heterocycles. The van der Waals surface area contributed by atoms with E-state index in [1.165, 1.54) is 48.2 Å². The molecular formula is C49H58N4O5. The number of anilines is 4. The third-order valence-electron chi connectivity index (χ3n) is 11.4. The fourth-order valence-corrected chi connectivity index (χ4v) is 8.72. The molecule has 2 N–H and O–H groups in total. The van der Waals surface area contributed by atoms with Crippen molar-refractivity contribution in [2.45, 2.75) is 67.2 Å². The first-order chi connectivity index (χ1) is 28.0. The molecule has 0 unspecified atom stereocenters. The van der Waals surface area contributed by atoms with Crippen molar-refractivity contribution in [3.63, 3.8) is 0 Å². The number of carbonyl (C=O) groups is 2. The SMILES string of the molecule is COc1ccc(-c2ccccc2C(=O)Nc2c(C)cc(C)c(N3CCCC3)c2C)cc1.COc1cccc(C(=O)Nc2c(C)cc(C)c(N3CCCC3)c2C)c1OC. The van der Waals surface area contributed by atoms with Crippen molar-refractivity contribution in [3.8, 4) is 28.4 Å². The topological polar surface area (TPSA) is 92.4 Å². The summed E-state index contributed by atoms with van der Waals surface area (Å²) in [5, 5.41) is 6.34. The number of rotatable bonds is 10. The van der Waals surface area contributed by atoms with Gasteiger partial charge in [-0.25, -0.2) is 0 Å². The maximum atomic E-state index is 13.4. The van der Waals surface area contributed by atoms with Gasteiger partial charge in [0, 0.05) is 54.5 Å². The first-order valence-corrected chi connectivity index (χ1v) is 20.3. The minimum atomic E-state index is -0.201. The van der Waals surface area contributed by atoms with E-state index in [-0.39, 0.29) is 11.8 Å². The fraction of sp³-hybridized carbons (Fsp3) is 0.347. The van der Waals surface area contributed by atoms with E-state index in [9.17, 15) is 9.59 Å². The van der Waals surface area contributed by atoms with Crippen LogP contribution in [-0.2, 0) is 0 Å². The minimum Gasteiger partial charge on any atom is -0.497 e. The summed E-state index contributed by atoms with van der Waals surface area (Å²) in [7, 11) is 4.76. The van der Waals surface area contributed by atoms with Gasteiger partial charge in [-0.15, -0.1) is 0 Å². The highest BCUT2D eigenvalue weighted by atomic mass is 16.5. The van der Waals surface area contributed by atoms with E-state index in [2.05, 4.69) is 67.2 Å². The van der Waals surface area contributed by atoms with Gasteiger partial charge in [0.1, 0.15) is 5.75 Å². The van der Waals surface area contributed by atoms with Gasteiger partial charge in [-0.1, -0.05) is 48.5 Å². The number of hydrogen-bond donors (Lipinski definition) is 2. The van der Waals surface area contributed by atoms with E-state index in [1.54, 1.807) is 39.5 Å². The van der Waals surface area contributed by atoms with Crippen molar-refractivity contribution in [1.29, 1.82) is 0 Å². The number of para-hydroxylation sites is 1. The molecule has 9 heteroatoms. The molecule has 2 heterocycles. The molecule has 2 aliphatic heterocycles. The molecule has 0 spiro atoms. The molecule has 9 nitrogen and oxygen atoms in total. The number of nitrogens with zero attached hydrogens (tertiary/aromatic N) is 2. The third kappa shape index (κ3) is 8.79. The number of hydrogen-bond acceptors (Lipinski definition) is 7. The van der Waals surface area contributed by atoms with Crippen molar-refractivity contribution in [2.75, 3.05) is 67.9 Å². The van der Waals surface area contributed by atoms with E-state index in [0.29, 0.717) is 22.6 Å². The van der Waals surface area contributed by atoms with Crippen molar-refractivity contribution in [3.05, 3.63) is 123 Å². The first kappa shape index (κ1) is 41.7. The molecule has 0 bridgehead atoms. The van der Waals surface area contributed by atoms with Gasteiger partial charge in [0.2, 0.25) is 0 Å². The maximum absolute atomic E-state index is 13.4. The lowest BCUT2D eigenvalue weighted by Crippen LogP contribution is -2.22. The monoisotopic (exact) mass is 782 g/mol. The van der Waals surface area contributed by atoms with E-state index in [0.717, 1.165) is 76.7 Å². The second-order valence-corrected chi connectivity index (χ2v) is 15.3. The number of amides is 2. The van der Waals surface area contributed by atoms with Crippen LogP contribution < -0.4 is 34.6 Å². The molecule has 2 amide bonds. The zero-order valence-corrected chi connectivity index (χ0v) is 35.6. The Bertz CT molecular complexity index is 2270. The Morgan fingerprint density at radius 2 is 1.02 bits per heavy atom. The predicted octanol–water partition coefficient (Wildman–Crippen LogP) is 10.6. The van der Waals surface area contributed by atoms with Gasteiger partial charge in [0.05, 0.1) is 26.9 Å². The van der Waals surface area contributed by atoms with Crippen LogP contribution in [0.15, 0.2) is 78.9 Å².